The smallest absolute Gasteiger partial charge is 0.747 e. The molecule has 11 heavy (non-hydrogen) atoms. The summed E-state index contributed by atoms with van der Waals surface area (Å²) in [6, 6.07) is 0. The van der Waals surface area contributed by atoms with Gasteiger partial charge in [0.1, 0.15) is 10.1 Å². The van der Waals surface area contributed by atoms with E-state index in [1.807, 2.05) is 0 Å². The topological polar surface area (TPSA) is 57.2 Å². The van der Waals surface area contributed by atoms with E-state index in [2.05, 4.69) is 0 Å². The van der Waals surface area contributed by atoms with Gasteiger partial charge in [-0.2, -0.15) is 0 Å². The summed E-state index contributed by atoms with van der Waals surface area (Å²) in [7, 11) is -4.11. The molecule has 1 atom stereocenters. The molecule has 0 spiro atoms. The van der Waals surface area contributed by atoms with Gasteiger partial charge in [-0.1, -0.05) is 24.3 Å². The standard InChI is InChI=1S/C6H8O3S.Na/c7-10(8,9)6-4-2-1-3-5-6;/h1-4,6H,5H2,(H,7,8,9);/q;+1/p-1. The van der Waals surface area contributed by atoms with Crippen molar-refractivity contribution in [2.75, 3.05) is 0 Å². The Bertz CT molecular complexity index is 266. The molecule has 0 aromatic heterocycles. The molecule has 0 aromatic rings. The van der Waals surface area contributed by atoms with Gasteiger partial charge in [0.2, 0.25) is 0 Å². The maximum absolute atomic E-state index is 10.3. The van der Waals surface area contributed by atoms with Crippen LogP contribution in [0.2, 0.25) is 0 Å². The van der Waals surface area contributed by atoms with Crippen molar-refractivity contribution in [2.45, 2.75) is 11.7 Å². The van der Waals surface area contributed by atoms with Gasteiger partial charge < -0.3 is 4.55 Å². The van der Waals surface area contributed by atoms with Crippen LogP contribution in [-0.4, -0.2) is 18.2 Å². The van der Waals surface area contributed by atoms with Crippen LogP contribution in [0.4, 0.5) is 0 Å². The van der Waals surface area contributed by atoms with Crippen molar-refractivity contribution >= 4 is 10.1 Å². The Morgan fingerprint density at radius 2 is 2.00 bits per heavy atom. The van der Waals surface area contributed by atoms with E-state index < -0.39 is 15.4 Å². The van der Waals surface area contributed by atoms with Crippen LogP contribution >= 0.6 is 0 Å². The van der Waals surface area contributed by atoms with Crippen LogP contribution in [0.3, 0.4) is 0 Å². The molecule has 56 valence electrons. The van der Waals surface area contributed by atoms with Crippen molar-refractivity contribution in [2.24, 2.45) is 0 Å². The van der Waals surface area contributed by atoms with Crippen molar-refractivity contribution in [3.63, 3.8) is 0 Å². The normalized spacial score (nSPS) is 22.8. The van der Waals surface area contributed by atoms with Gasteiger partial charge in [0.25, 0.3) is 0 Å². The maximum atomic E-state index is 10.3. The summed E-state index contributed by atoms with van der Waals surface area (Å²) in [6.07, 6.45) is 6.68. The van der Waals surface area contributed by atoms with E-state index in [-0.39, 0.29) is 29.6 Å². The summed E-state index contributed by atoms with van der Waals surface area (Å²) in [5, 5.41) is -0.850. The summed E-state index contributed by atoms with van der Waals surface area (Å²) in [6.45, 7) is 0. The average Bonchev–Trinajstić information content (AvgIpc) is 1.88. The van der Waals surface area contributed by atoms with Gasteiger partial charge >= 0.3 is 29.6 Å². The van der Waals surface area contributed by atoms with E-state index in [1.165, 1.54) is 6.08 Å². The third-order valence-electron chi connectivity index (χ3n) is 1.31. The minimum absolute atomic E-state index is 0. The monoisotopic (exact) mass is 182 g/mol. The van der Waals surface area contributed by atoms with Gasteiger partial charge in [0, 0.05) is 0 Å². The summed E-state index contributed by atoms with van der Waals surface area (Å²) >= 11 is 0. The first-order valence-corrected chi connectivity index (χ1v) is 4.36. The third kappa shape index (κ3) is 3.53. The zero-order chi connectivity index (χ0) is 7.61. The molecule has 1 rings (SSSR count). The maximum Gasteiger partial charge on any atom is 1.00 e. The van der Waals surface area contributed by atoms with Crippen LogP contribution in [0.15, 0.2) is 24.3 Å². The average molecular weight is 182 g/mol. The molecular formula is C6H7NaO3S. The second-order valence-electron chi connectivity index (χ2n) is 2.08. The van der Waals surface area contributed by atoms with E-state index in [0.717, 1.165) is 0 Å². The molecule has 0 N–H and O–H groups in total. The molecule has 0 amide bonds. The van der Waals surface area contributed by atoms with Crippen LogP contribution in [0.1, 0.15) is 6.42 Å². The fourth-order valence-electron chi connectivity index (χ4n) is 0.772. The first-order valence-electron chi connectivity index (χ1n) is 2.89. The van der Waals surface area contributed by atoms with Crippen LogP contribution in [-0.2, 0) is 10.1 Å². The zero-order valence-corrected chi connectivity index (χ0v) is 9.04. The molecule has 0 heterocycles. The fourth-order valence-corrected chi connectivity index (χ4v) is 1.40. The van der Waals surface area contributed by atoms with Gasteiger partial charge in [-0.3, -0.25) is 0 Å². The first kappa shape index (κ1) is 11.4. The second kappa shape index (κ2) is 4.42. The summed E-state index contributed by atoms with van der Waals surface area (Å²) in [5.74, 6) is 0. The van der Waals surface area contributed by atoms with Gasteiger partial charge in [-0.15, -0.1) is 0 Å². The largest absolute Gasteiger partial charge is 1.00 e. The Morgan fingerprint density at radius 1 is 1.36 bits per heavy atom. The van der Waals surface area contributed by atoms with Crippen molar-refractivity contribution in [1.29, 1.82) is 0 Å². The van der Waals surface area contributed by atoms with E-state index in [0.29, 0.717) is 6.42 Å². The van der Waals surface area contributed by atoms with E-state index in [9.17, 15) is 13.0 Å². The van der Waals surface area contributed by atoms with E-state index >= 15 is 0 Å². The van der Waals surface area contributed by atoms with E-state index in [1.54, 1.807) is 18.2 Å². The zero-order valence-electron chi connectivity index (χ0n) is 6.23. The Kier molecular flexibility index (Phi) is 4.58. The van der Waals surface area contributed by atoms with Crippen LogP contribution in [0.25, 0.3) is 0 Å². The minimum Gasteiger partial charge on any atom is -0.747 e. The predicted molar refractivity (Wildman–Crippen MR) is 36.4 cm³/mol. The summed E-state index contributed by atoms with van der Waals surface area (Å²) in [5.41, 5.74) is 0. The van der Waals surface area contributed by atoms with E-state index in [4.69, 9.17) is 0 Å². The minimum atomic E-state index is -4.11. The molecule has 0 saturated carbocycles. The summed E-state index contributed by atoms with van der Waals surface area (Å²) in [4.78, 5) is 0. The Hall–Kier alpha value is 0.390. The van der Waals surface area contributed by atoms with Gasteiger partial charge in [0.05, 0.1) is 5.25 Å². The Labute approximate surface area is 88.2 Å². The second-order valence-corrected chi connectivity index (χ2v) is 3.67. The van der Waals surface area contributed by atoms with Crippen LogP contribution < -0.4 is 29.6 Å². The van der Waals surface area contributed by atoms with Crippen LogP contribution in [0, 0.1) is 0 Å². The molecular weight excluding hydrogens is 175 g/mol. The molecule has 3 nitrogen and oxygen atoms in total. The molecule has 0 aromatic carbocycles. The molecule has 0 radical (unpaired) electrons. The SMILES string of the molecule is O=S(=O)([O-])C1C=CC=CC1.[Na+]. The number of hydrogen-bond acceptors (Lipinski definition) is 3. The third-order valence-corrected chi connectivity index (χ3v) is 2.40. The molecule has 1 unspecified atom stereocenters. The Morgan fingerprint density at radius 3 is 2.27 bits per heavy atom. The van der Waals surface area contributed by atoms with Gasteiger partial charge in [-0.25, -0.2) is 8.42 Å². The first-order chi connectivity index (χ1) is 4.61. The molecule has 0 bridgehead atoms. The van der Waals surface area contributed by atoms with Crippen LogP contribution in [0.5, 0.6) is 0 Å². The van der Waals surface area contributed by atoms with Gasteiger partial charge in [-0.05, 0) is 6.42 Å². The number of allylic oxidation sites excluding steroid dienone is 3. The fraction of sp³-hybridized carbons (Fsp3) is 0.333. The summed E-state index contributed by atoms with van der Waals surface area (Å²) < 4.78 is 31.0. The number of rotatable bonds is 1. The molecule has 0 aliphatic heterocycles. The predicted octanol–water partition coefficient (Wildman–Crippen LogP) is -2.58. The van der Waals surface area contributed by atoms with Crippen molar-refractivity contribution in [3.8, 4) is 0 Å². The molecule has 0 saturated heterocycles. The van der Waals surface area contributed by atoms with Crippen molar-refractivity contribution < 1.29 is 42.5 Å². The molecule has 1 aliphatic rings. The molecule has 1 aliphatic carbocycles. The van der Waals surface area contributed by atoms with Crippen molar-refractivity contribution in [3.05, 3.63) is 24.3 Å². The molecule has 5 heteroatoms. The number of hydrogen-bond donors (Lipinski definition) is 0. The molecule has 0 fully saturated rings. The van der Waals surface area contributed by atoms with Gasteiger partial charge in [0.15, 0.2) is 0 Å². The quantitative estimate of drug-likeness (QED) is 0.330. The Balaban J connectivity index is 0.000001000. The van der Waals surface area contributed by atoms with Crippen molar-refractivity contribution in [1.82, 2.24) is 0 Å².